The van der Waals surface area contributed by atoms with Crippen LogP contribution in [0, 0.1) is 35.5 Å². The van der Waals surface area contributed by atoms with Gasteiger partial charge in [0.15, 0.2) is 0 Å². The van der Waals surface area contributed by atoms with Gasteiger partial charge < -0.3 is 0 Å². The molecule has 0 spiro atoms. The average Bonchev–Trinajstić information content (AvgIpc) is 2.65. The van der Waals surface area contributed by atoms with Crippen molar-refractivity contribution in [2.24, 2.45) is 35.5 Å². The Bertz CT molecular complexity index is 347. The van der Waals surface area contributed by atoms with Gasteiger partial charge in [-0.3, -0.25) is 0 Å². The molecule has 0 radical (unpaired) electrons. The van der Waals surface area contributed by atoms with Gasteiger partial charge in [0.05, 0.1) is 0 Å². The summed E-state index contributed by atoms with van der Waals surface area (Å²) in [4.78, 5) is 0. The Morgan fingerprint density at radius 1 is 0.556 bits per heavy atom. The van der Waals surface area contributed by atoms with Crippen LogP contribution < -0.4 is 0 Å². The zero-order chi connectivity index (χ0) is 19.5. The van der Waals surface area contributed by atoms with Crippen molar-refractivity contribution in [3.8, 4) is 0 Å². The minimum atomic E-state index is 0.942. The summed E-state index contributed by atoms with van der Waals surface area (Å²) in [5.41, 5.74) is 0. The molecule has 2 fully saturated rings. The third-order valence-corrected chi connectivity index (χ3v) is 8.63. The molecule has 2 rings (SSSR count). The van der Waals surface area contributed by atoms with E-state index in [0.29, 0.717) is 0 Å². The molecule has 0 nitrogen and oxygen atoms in total. The molecule has 0 bridgehead atoms. The molecule has 0 aliphatic heterocycles. The highest BCUT2D eigenvalue weighted by atomic mass is 14.4. The highest BCUT2D eigenvalue weighted by Gasteiger charge is 2.33. The van der Waals surface area contributed by atoms with Crippen molar-refractivity contribution in [3.05, 3.63) is 0 Å². The highest BCUT2D eigenvalue weighted by Crippen LogP contribution is 2.43. The van der Waals surface area contributed by atoms with E-state index in [1.807, 2.05) is 0 Å². The molecule has 0 N–H and O–H groups in total. The van der Waals surface area contributed by atoms with Crippen LogP contribution in [0.3, 0.4) is 0 Å². The zero-order valence-electron chi connectivity index (χ0n) is 19.5. The van der Waals surface area contributed by atoms with E-state index >= 15 is 0 Å². The minimum absolute atomic E-state index is 0.942. The predicted octanol–water partition coefficient (Wildman–Crippen LogP) is 9.42. The lowest BCUT2D eigenvalue weighted by Crippen LogP contribution is -2.31. The fourth-order valence-corrected chi connectivity index (χ4v) is 6.45. The molecule has 4 unspecified atom stereocenters. The van der Waals surface area contributed by atoms with Crippen LogP contribution in [0.2, 0.25) is 0 Å². The van der Waals surface area contributed by atoms with Gasteiger partial charge in [-0.05, 0) is 48.3 Å². The molecule has 2 saturated carbocycles. The van der Waals surface area contributed by atoms with Gasteiger partial charge in [0.25, 0.3) is 0 Å². The summed E-state index contributed by atoms with van der Waals surface area (Å²) in [6, 6.07) is 0. The van der Waals surface area contributed by atoms with E-state index in [4.69, 9.17) is 0 Å². The molecule has 4 atom stereocenters. The number of hydrogen-bond acceptors (Lipinski definition) is 0. The molecule has 0 heteroatoms. The smallest absolute Gasteiger partial charge is 0.0381 e. The quantitative estimate of drug-likeness (QED) is 0.460. The Morgan fingerprint density at radius 3 is 1.63 bits per heavy atom. The molecule has 160 valence electrons. The SMILES string of the molecule is CCCC1CCCCCCCCCCC(C2CC(C)C(C)C(C)C2)CCC1. The first-order valence-corrected chi connectivity index (χ1v) is 13.1. The van der Waals surface area contributed by atoms with Gasteiger partial charge in [-0.1, -0.05) is 124 Å². The van der Waals surface area contributed by atoms with Gasteiger partial charge in [0.2, 0.25) is 0 Å². The van der Waals surface area contributed by atoms with E-state index in [0.717, 1.165) is 35.5 Å². The van der Waals surface area contributed by atoms with E-state index in [9.17, 15) is 0 Å². The molecule has 2 aliphatic rings. The molecular formula is C27H52. The van der Waals surface area contributed by atoms with E-state index < -0.39 is 0 Å². The summed E-state index contributed by atoms with van der Waals surface area (Å²) in [5.74, 6) is 5.94. The fraction of sp³-hybridized carbons (Fsp3) is 1.00. The van der Waals surface area contributed by atoms with Gasteiger partial charge in [-0.15, -0.1) is 0 Å². The molecule has 0 aromatic heterocycles. The number of rotatable bonds is 3. The van der Waals surface area contributed by atoms with Crippen molar-refractivity contribution in [2.75, 3.05) is 0 Å². The maximum Gasteiger partial charge on any atom is -0.0381 e. The largest absolute Gasteiger partial charge is 0.0654 e. The number of hydrogen-bond donors (Lipinski definition) is 0. The van der Waals surface area contributed by atoms with Crippen molar-refractivity contribution in [3.63, 3.8) is 0 Å². The third kappa shape index (κ3) is 8.49. The standard InChI is InChI=1S/C27H52/c1-5-15-25-16-12-10-8-6-7-9-11-13-18-26(19-14-17-25)27-20-22(2)24(4)23(3)21-27/h22-27H,5-21H2,1-4H3. The zero-order valence-corrected chi connectivity index (χ0v) is 19.5. The van der Waals surface area contributed by atoms with Gasteiger partial charge in [-0.25, -0.2) is 0 Å². The van der Waals surface area contributed by atoms with Crippen LogP contribution in [-0.2, 0) is 0 Å². The molecule has 0 amide bonds. The Balaban J connectivity index is 1.92. The van der Waals surface area contributed by atoms with E-state index in [1.165, 1.54) is 103 Å². The molecular weight excluding hydrogens is 324 g/mol. The second kappa shape index (κ2) is 13.3. The Morgan fingerprint density at radius 2 is 1.04 bits per heavy atom. The second-order valence-corrected chi connectivity index (χ2v) is 10.8. The first kappa shape index (κ1) is 23.3. The van der Waals surface area contributed by atoms with Gasteiger partial charge >= 0.3 is 0 Å². The van der Waals surface area contributed by atoms with Crippen LogP contribution in [0.5, 0.6) is 0 Å². The van der Waals surface area contributed by atoms with E-state index in [1.54, 1.807) is 6.42 Å². The fourth-order valence-electron chi connectivity index (χ4n) is 6.45. The van der Waals surface area contributed by atoms with Gasteiger partial charge in [0, 0.05) is 0 Å². The van der Waals surface area contributed by atoms with Crippen molar-refractivity contribution < 1.29 is 0 Å². The predicted molar refractivity (Wildman–Crippen MR) is 122 cm³/mol. The summed E-state index contributed by atoms with van der Waals surface area (Å²) in [6.07, 6.45) is 25.6. The van der Waals surface area contributed by atoms with Crippen molar-refractivity contribution in [1.29, 1.82) is 0 Å². The topological polar surface area (TPSA) is 0 Å². The average molecular weight is 377 g/mol. The Kier molecular flexibility index (Phi) is 11.4. The van der Waals surface area contributed by atoms with Crippen LogP contribution in [-0.4, -0.2) is 0 Å². The lowest BCUT2D eigenvalue weighted by Gasteiger charge is -2.41. The van der Waals surface area contributed by atoms with Crippen LogP contribution in [0.4, 0.5) is 0 Å². The summed E-state index contributed by atoms with van der Waals surface area (Å²) in [5, 5.41) is 0. The first-order valence-electron chi connectivity index (χ1n) is 13.1. The maximum atomic E-state index is 2.54. The molecule has 0 aromatic rings. The van der Waals surface area contributed by atoms with Crippen molar-refractivity contribution in [1.82, 2.24) is 0 Å². The van der Waals surface area contributed by atoms with E-state index in [2.05, 4.69) is 27.7 Å². The van der Waals surface area contributed by atoms with Gasteiger partial charge in [0.1, 0.15) is 0 Å². The molecule has 0 heterocycles. The van der Waals surface area contributed by atoms with Crippen LogP contribution in [0.1, 0.15) is 137 Å². The first-order chi connectivity index (χ1) is 13.1. The molecule has 0 aromatic carbocycles. The molecule has 27 heavy (non-hydrogen) atoms. The third-order valence-electron chi connectivity index (χ3n) is 8.63. The Hall–Kier alpha value is 0. The van der Waals surface area contributed by atoms with Crippen molar-refractivity contribution in [2.45, 2.75) is 137 Å². The second-order valence-electron chi connectivity index (χ2n) is 10.8. The lowest BCUT2D eigenvalue weighted by molar-refractivity contribution is 0.0929. The molecule has 2 aliphatic carbocycles. The minimum Gasteiger partial charge on any atom is -0.0654 e. The molecule has 0 saturated heterocycles. The van der Waals surface area contributed by atoms with Gasteiger partial charge in [-0.2, -0.15) is 0 Å². The van der Waals surface area contributed by atoms with Crippen LogP contribution >= 0.6 is 0 Å². The summed E-state index contributed by atoms with van der Waals surface area (Å²) in [7, 11) is 0. The van der Waals surface area contributed by atoms with Crippen LogP contribution in [0.15, 0.2) is 0 Å². The lowest BCUT2D eigenvalue weighted by atomic mass is 9.65. The summed E-state index contributed by atoms with van der Waals surface area (Å²) < 4.78 is 0. The van der Waals surface area contributed by atoms with Crippen LogP contribution in [0.25, 0.3) is 0 Å². The highest BCUT2D eigenvalue weighted by molar-refractivity contribution is 4.84. The monoisotopic (exact) mass is 376 g/mol. The Labute approximate surface area is 172 Å². The normalized spacial score (nSPS) is 38.7. The van der Waals surface area contributed by atoms with E-state index in [-0.39, 0.29) is 0 Å². The van der Waals surface area contributed by atoms with Crippen molar-refractivity contribution >= 4 is 0 Å². The maximum absolute atomic E-state index is 2.54. The summed E-state index contributed by atoms with van der Waals surface area (Å²) in [6.45, 7) is 9.98. The summed E-state index contributed by atoms with van der Waals surface area (Å²) >= 11 is 0.